The third-order valence-electron chi connectivity index (χ3n) is 4.19. The topological polar surface area (TPSA) is 46.9 Å². The van der Waals surface area contributed by atoms with E-state index in [1.165, 1.54) is 30.4 Å². The van der Waals surface area contributed by atoms with Crippen LogP contribution in [0.3, 0.4) is 0 Å². The standard InChI is InChI=1S/C14H16BrN3O/c1-2-7-18-13(19)12(15)11(8-17-18)16-9-14(5-6-14)10-3-4-10/h1,8,10,16H,3-7,9H2. The zero-order valence-corrected chi connectivity index (χ0v) is 12.2. The molecule has 0 bridgehead atoms. The van der Waals surface area contributed by atoms with E-state index in [-0.39, 0.29) is 12.1 Å². The summed E-state index contributed by atoms with van der Waals surface area (Å²) >= 11 is 3.34. The van der Waals surface area contributed by atoms with Gasteiger partial charge in [0.25, 0.3) is 5.56 Å². The van der Waals surface area contributed by atoms with Gasteiger partial charge in [-0.15, -0.1) is 6.42 Å². The van der Waals surface area contributed by atoms with Gasteiger partial charge >= 0.3 is 0 Å². The number of hydrogen-bond acceptors (Lipinski definition) is 3. The number of aromatic nitrogens is 2. The molecule has 0 atom stereocenters. The molecule has 2 aliphatic carbocycles. The van der Waals surface area contributed by atoms with Gasteiger partial charge in [0.05, 0.1) is 11.9 Å². The quantitative estimate of drug-likeness (QED) is 0.846. The van der Waals surface area contributed by atoms with Crippen LogP contribution < -0.4 is 10.9 Å². The number of terminal acetylenes is 1. The number of nitrogens with one attached hydrogen (secondary N) is 1. The van der Waals surface area contributed by atoms with Gasteiger partial charge in [0.2, 0.25) is 0 Å². The predicted octanol–water partition coefficient (Wildman–Crippen LogP) is 2.24. The van der Waals surface area contributed by atoms with Gasteiger partial charge in [-0.1, -0.05) is 5.92 Å². The zero-order chi connectivity index (χ0) is 13.5. The fraction of sp³-hybridized carbons (Fsp3) is 0.571. The lowest BCUT2D eigenvalue weighted by Crippen LogP contribution is -2.25. The molecule has 1 aromatic heterocycles. The molecule has 0 radical (unpaired) electrons. The first-order chi connectivity index (χ1) is 9.16. The van der Waals surface area contributed by atoms with Crippen molar-refractivity contribution in [1.29, 1.82) is 0 Å². The SMILES string of the molecule is C#CCn1ncc(NCC2(C3CC3)CC2)c(Br)c1=O. The third kappa shape index (κ3) is 2.42. The molecule has 100 valence electrons. The molecular weight excluding hydrogens is 306 g/mol. The Morgan fingerprint density at radius 1 is 1.58 bits per heavy atom. The molecule has 0 unspecified atom stereocenters. The normalized spacial score (nSPS) is 19.8. The van der Waals surface area contributed by atoms with Gasteiger partial charge in [0.1, 0.15) is 11.0 Å². The highest BCUT2D eigenvalue weighted by Gasteiger charge is 2.53. The Hall–Kier alpha value is -1.28. The van der Waals surface area contributed by atoms with Crippen LogP contribution in [0, 0.1) is 23.7 Å². The van der Waals surface area contributed by atoms with Crippen LogP contribution in [0.4, 0.5) is 5.69 Å². The highest BCUT2D eigenvalue weighted by molar-refractivity contribution is 9.10. The van der Waals surface area contributed by atoms with Crippen LogP contribution in [0.5, 0.6) is 0 Å². The second-order valence-corrected chi connectivity index (χ2v) is 6.32. The summed E-state index contributed by atoms with van der Waals surface area (Å²) in [7, 11) is 0. The number of halogens is 1. The van der Waals surface area contributed by atoms with Crippen LogP contribution in [0.15, 0.2) is 15.5 Å². The molecule has 2 saturated carbocycles. The highest BCUT2D eigenvalue weighted by Crippen LogP contribution is 2.61. The van der Waals surface area contributed by atoms with Crippen molar-refractivity contribution in [2.45, 2.75) is 32.2 Å². The third-order valence-corrected chi connectivity index (χ3v) is 4.96. The Kier molecular flexibility index (Phi) is 3.14. The van der Waals surface area contributed by atoms with Gasteiger partial charge < -0.3 is 5.32 Å². The van der Waals surface area contributed by atoms with Crippen molar-refractivity contribution in [1.82, 2.24) is 9.78 Å². The van der Waals surface area contributed by atoms with E-state index in [1.54, 1.807) is 6.20 Å². The Bertz CT molecular complexity index is 594. The smallest absolute Gasteiger partial charge is 0.284 e. The lowest BCUT2D eigenvalue weighted by atomic mass is 10.0. The van der Waals surface area contributed by atoms with E-state index >= 15 is 0 Å². The summed E-state index contributed by atoms with van der Waals surface area (Å²) in [5.74, 6) is 3.32. The maximum atomic E-state index is 12.0. The van der Waals surface area contributed by atoms with Crippen LogP contribution in [0.25, 0.3) is 0 Å². The molecule has 19 heavy (non-hydrogen) atoms. The van der Waals surface area contributed by atoms with Crippen molar-refractivity contribution < 1.29 is 0 Å². The minimum Gasteiger partial charge on any atom is -0.382 e. The maximum Gasteiger partial charge on any atom is 0.284 e. The average Bonchev–Trinajstić information content (AvgIpc) is 3.27. The number of nitrogens with zero attached hydrogens (tertiary/aromatic N) is 2. The molecule has 0 spiro atoms. The van der Waals surface area contributed by atoms with E-state index in [4.69, 9.17) is 6.42 Å². The van der Waals surface area contributed by atoms with E-state index in [1.807, 2.05) is 0 Å². The van der Waals surface area contributed by atoms with E-state index in [0.717, 1.165) is 18.2 Å². The van der Waals surface area contributed by atoms with Crippen molar-refractivity contribution in [3.05, 3.63) is 21.0 Å². The molecule has 5 heteroatoms. The zero-order valence-electron chi connectivity index (χ0n) is 10.7. The molecule has 2 fully saturated rings. The highest BCUT2D eigenvalue weighted by atomic mass is 79.9. The molecule has 0 amide bonds. The monoisotopic (exact) mass is 321 g/mol. The van der Waals surface area contributed by atoms with Crippen molar-refractivity contribution in [2.75, 3.05) is 11.9 Å². The maximum absolute atomic E-state index is 12.0. The van der Waals surface area contributed by atoms with Gasteiger partial charge in [-0.3, -0.25) is 4.79 Å². The Labute approximate surface area is 120 Å². The van der Waals surface area contributed by atoms with Gasteiger partial charge in [-0.05, 0) is 52.9 Å². The summed E-state index contributed by atoms with van der Waals surface area (Å²) in [6.45, 7) is 1.14. The largest absolute Gasteiger partial charge is 0.382 e. The second kappa shape index (κ2) is 4.68. The molecule has 3 rings (SSSR count). The molecular formula is C14H16BrN3O. The summed E-state index contributed by atoms with van der Waals surface area (Å²) in [4.78, 5) is 12.0. The Balaban J connectivity index is 1.73. The summed E-state index contributed by atoms with van der Waals surface area (Å²) in [6.07, 6.45) is 12.2. The summed E-state index contributed by atoms with van der Waals surface area (Å²) in [5, 5.41) is 7.45. The molecule has 1 heterocycles. The van der Waals surface area contributed by atoms with Crippen molar-refractivity contribution >= 4 is 21.6 Å². The molecule has 0 saturated heterocycles. The fourth-order valence-corrected chi connectivity index (χ4v) is 3.09. The minimum atomic E-state index is -0.181. The number of rotatable bonds is 5. The van der Waals surface area contributed by atoms with Gasteiger partial charge in [-0.2, -0.15) is 5.10 Å². The first kappa shape index (κ1) is 12.7. The fourth-order valence-electron chi connectivity index (χ4n) is 2.64. The molecule has 0 aliphatic heterocycles. The van der Waals surface area contributed by atoms with E-state index in [0.29, 0.717) is 9.89 Å². The summed E-state index contributed by atoms with van der Waals surface area (Å²) in [6, 6.07) is 0. The van der Waals surface area contributed by atoms with E-state index < -0.39 is 0 Å². The lowest BCUT2D eigenvalue weighted by molar-refractivity contribution is 0.466. The van der Waals surface area contributed by atoms with Gasteiger partial charge in [0, 0.05) is 6.54 Å². The first-order valence-corrected chi connectivity index (χ1v) is 7.38. The van der Waals surface area contributed by atoms with Gasteiger partial charge in [0.15, 0.2) is 0 Å². The lowest BCUT2D eigenvalue weighted by Gasteiger charge is -2.16. The van der Waals surface area contributed by atoms with Crippen LogP contribution in [0.2, 0.25) is 0 Å². The first-order valence-electron chi connectivity index (χ1n) is 6.59. The Morgan fingerprint density at radius 2 is 2.32 bits per heavy atom. The Morgan fingerprint density at radius 3 is 2.89 bits per heavy atom. The number of anilines is 1. The number of hydrogen-bond donors (Lipinski definition) is 1. The van der Waals surface area contributed by atoms with E-state index in [2.05, 4.69) is 32.3 Å². The summed E-state index contributed by atoms with van der Waals surface area (Å²) < 4.78 is 1.80. The van der Waals surface area contributed by atoms with Crippen LogP contribution in [-0.2, 0) is 6.54 Å². The minimum absolute atomic E-state index is 0.181. The molecule has 1 N–H and O–H groups in total. The molecule has 0 aromatic carbocycles. The summed E-state index contributed by atoms with van der Waals surface area (Å²) in [5.41, 5.74) is 1.08. The molecule has 2 aliphatic rings. The van der Waals surface area contributed by atoms with Crippen LogP contribution in [-0.4, -0.2) is 16.3 Å². The molecule has 1 aromatic rings. The van der Waals surface area contributed by atoms with Gasteiger partial charge in [-0.25, -0.2) is 4.68 Å². The second-order valence-electron chi connectivity index (χ2n) is 5.53. The van der Waals surface area contributed by atoms with Crippen LogP contribution >= 0.6 is 15.9 Å². The van der Waals surface area contributed by atoms with Crippen molar-refractivity contribution in [2.24, 2.45) is 11.3 Å². The van der Waals surface area contributed by atoms with Crippen molar-refractivity contribution in [3.63, 3.8) is 0 Å². The van der Waals surface area contributed by atoms with Crippen LogP contribution in [0.1, 0.15) is 25.7 Å². The van der Waals surface area contributed by atoms with E-state index in [9.17, 15) is 4.79 Å². The predicted molar refractivity (Wildman–Crippen MR) is 77.9 cm³/mol. The average molecular weight is 322 g/mol. The van der Waals surface area contributed by atoms with Crippen molar-refractivity contribution in [3.8, 4) is 12.3 Å². The molecule has 4 nitrogen and oxygen atoms in total.